The van der Waals surface area contributed by atoms with E-state index in [1.165, 1.54) is 0 Å². The highest BCUT2D eigenvalue weighted by molar-refractivity contribution is 7.57. The highest BCUT2D eigenvalue weighted by atomic mass is 31.2. The Morgan fingerprint density at radius 3 is 2.30 bits per heavy atom. The standard InChI is InChI=1S/C19H32NO2P/c1-6-19(7-2,8-3)20-15-14-16(4)22-23(20,21)17(5)18-12-10-9-11-13-18/h9-13,16-17H,6-8,14-15H2,1-5H3/t16-,17+,23-/m0/s1. The molecule has 0 spiro atoms. The van der Waals surface area contributed by atoms with E-state index in [4.69, 9.17) is 4.52 Å². The molecule has 0 aromatic heterocycles. The van der Waals surface area contributed by atoms with Gasteiger partial charge in [-0.2, -0.15) is 0 Å². The number of nitrogens with zero attached hydrogens (tertiary/aromatic N) is 1. The third-order valence-electron chi connectivity index (χ3n) is 5.71. The summed E-state index contributed by atoms with van der Waals surface area (Å²) < 4.78 is 22.5. The Balaban J connectivity index is 2.46. The van der Waals surface area contributed by atoms with Gasteiger partial charge < -0.3 is 4.52 Å². The summed E-state index contributed by atoms with van der Waals surface area (Å²) in [6.45, 7) is 11.6. The molecule has 3 atom stereocenters. The maximum absolute atomic E-state index is 14.1. The molecule has 3 nitrogen and oxygen atoms in total. The summed E-state index contributed by atoms with van der Waals surface area (Å²) in [5.74, 6) is 0. The van der Waals surface area contributed by atoms with Gasteiger partial charge >= 0.3 is 0 Å². The van der Waals surface area contributed by atoms with Crippen molar-refractivity contribution in [3.8, 4) is 0 Å². The molecule has 1 aliphatic heterocycles. The molecule has 4 heteroatoms. The van der Waals surface area contributed by atoms with E-state index < -0.39 is 7.52 Å². The van der Waals surface area contributed by atoms with Crippen LogP contribution >= 0.6 is 7.52 Å². The molecule has 0 N–H and O–H groups in total. The number of benzene rings is 1. The lowest BCUT2D eigenvalue weighted by molar-refractivity contribution is 0.0660. The van der Waals surface area contributed by atoms with Gasteiger partial charge in [-0.05, 0) is 45.1 Å². The van der Waals surface area contributed by atoms with Crippen molar-refractivity contribution in [3.05, 3.63) is 35.9 Å². The maximum atomic E-state index is 14.1. The first-order valence-corrected chi connectivity index (χ1v) is 10.7. The first-order valence-electron chi connectivity index (χ1n) is 9.04. The first kappa shape index (κ1) is 18.7. The molecule has 1 fully saturated rings. The molecule has 0 aliphatic carbocycles. The van der Waals surface area contributed by atoms with E-state index in [0.717, 1.165) is 37.8 Å². The molecule has 130 valence electrons. The van der Waals surface area contributed by atoms with Crippen molar-refractivity contribution < 1.29 is 9.09 Å². The van der Waals surface area contributed by atoms with Crippen molar-refractivity contribution in [2.75, 3.05) is 6.54 Å². The van der Waals surface area contributed by atoms with Gasteiger partial charge in [0.05, 0.1) is 11.8 Å². The van der Waals surface area contributed by atoms with Crippen LogP contribution in [0.4, 0.5) is 0 Å². The van der Waals surface area contributed by atoms with E-state index >= 15 is 0 Å². The van der Waals surface area contributed by atoms with E-state index in [1.54, 1.807) is 0 Å². The Morgan fingerprint density at radius 2 is 1.78 bits per heavy atom. The van der Waals surface area contributed by atoms with Gasteiger partial charge in [-0.25, -0.2) is 4.67 Å². The molecule has 0 radical (unpaired) electrons. The summed E-state index contributed by atoms with van der Waals surface area (Å²) in [7, 11) is -2.93. The van der Waals surface area contributed by atoms with Crippen LogP contribution in [0.1, 0.15) is 71.5 Å². The molecule has 1 aromatic carbocycles. The molecular weight excluding hydrogens is 305 g/mol. The molecule has 0 amide bonds. The van der Waals surface area contributed by atoms with Crippen molar-refractivity contribution in [1.82, 2.24) is 4.67 Å². The third kappa shape index (κ3) is 3.43. The Bertz CT molecular complexity index is 533. The summed E-state index contributed by atoms with van der Waals surface area (Å²) in [5.41, 5.74) is 0.973. The minimum absolute atomic E-state index is 0.0291. The van der Waals surface area contributed by atoms with Crippen LogP contribution in [0.25, 0.3) is 0 Å². The minimum atomic E-state index is -2.93. The molecule has 1 aromatic rings. The van der Waals surface area contributed by atoms with Crippen LogP contribution in [0.15, 0.2) is 30.3 Å². The van der Waals surface area contributed by atoms with Crippen LogP contribution in [0.3, 0.4) is 0 Å². The van der Waals surface area contributed by atoms with Gasteiger partial charge in [-0.15, -0.1) is 0 Å². The van der Waals surface area contributed by atoms with Crippen LogP contribution in [0, 0.1) is 0 Å². The Labute approximate surface area is 141 Å². The van der Waals surface area contributed by atoms with Crippen LogP contribution in [-0.2, 0) is 9.09 Å². The van der Waals surface area contributed by atoms with Gasteiger partial charge in [0, 0.05) is 12.1 Å². The molecule has 0 saturated carbocycles. The predicted octanol–water partition coefficient (Wildman–Crippen LogP) is 6.02. The number of hydrogen-bond donors (Lipinski definition) is 0. The van der Waals surface area contributed by atoms with Gasteiger partial charge in [0.1, 0.15) is 0 Å². The van der Waals surface area contributed by atoms with E-state index in [9.17, 15) is 4.57 Å². The number of rotatable bonds is 6. The third-order valence-corrected chi connectivity index (χ3v) is 8.94. The van der Waals surface area contributed by atoms with E-state index in [0.29, 0.717) is 0 Å². The highest BCUT2D eigenvalue weighted by Crippen LogP contribution is 2.68. The zero-order valence-electron chi connectivity index (χ0n) is 15.3. The highest BCUT2D eigenvalue weighted by Gasteiger charge is 2.50. The quantitative estimate of drug-likeness (QED) is 0.594. The average Bonchev–Trinajstić information content (AvgIpc) is 2.58. The largest absolute Gasteiger partial charge is 0.314 e. The SMILES string of the molecule is CCC(CC)(CC)N1CC[C@H](C)O[P@@]1(=O)[C@H](C)c1ccccc1. The van der Waals surface area contributed by atoms with Crippen molar-refractivity contribution in [1.29, 1.82) is 0 Å². The van der Waals surface area contributed by atoms with Crippen molar-refractivity contribution in [2.24, 2.45) is 0 Å². The summed E-state index contributed by atoms with van der Waals surface area (Å²) in [6, 6.07) is 10.2. The first-order chi connectivity index (χ1) is 10.9. The summed E-state index contributed by atoms with van der Waals surface area (Å²) in [6.07, 6.45) is 4.02. The molecule has 0 unspecified atom stereocenters. The maximum Gasteiger partial charge on any atom is 0.280 e. The lowest BCUT2D eigenvalue weighted by Crippen LogP contribution is -2.49. The number of hydrogen-bond acceptors (Lipinski definition) is 2. The zero-order valence-corrected chi connectivity index (χ0v) is 16.2. The fraction of sp³-hybridized carbons (Fsp3) is 0.684. The lowest BCUT2D eigenvalue weighted by Gasteiger charge is -2.51. The van der Waals surface area contributed by atoms with E-state index in [1.807, 2.05) is 25.1 Å². The second kappa shape index (κ2) is 7.51. The van der Waals surface area contributed by atoms with Crippen molar-refractivity contribution in [3.63, 3.8) is 0 Å². The second-order valence-electron chi connectivity index (χ2n) is 6.76. The lowest BCUT2D eigenvalue weighted by atomic mass is 9.89. The van der Waals surface area contributed by atoms with Gasteiger partial charge in [0.25, 0.3) is 7.52 Å². The topological polar surface area (TPSA) is 29.5 Å². The van der Waals surface area contributed by atoms with Gasteiger partial charge in [-0.1, -0.05) is 51.1 Å². The van der Waals surface area contributed by atoms with Crippen molar-refractivity contribution in [2.45, 2.75) is 77.6 Å². The van der Waals surface area contributed by atoms with Crippen LogP contribution in [0.5, 0.6) is 0 Å². The monoisotopic (exact) mass is 337 g/mol. The normalized spacial score (nSPS) is 27.8. The second-order valence-corrected chi connectivity index (χ2v) is 9.36. The average molecular weight is 337 g/mol. The van der Waals surface area contributed by atoms with Crippen LogP contribution in [0.2, 0.25) is 0 Å². The summed E-state index contributed by atoms with van der Waals surface area (Å²) in [4.78, 5) is 0. The molecule has 1 saturated heterocycles. The van der Waals surface area contributed by atoms with Crippen molar-refractivity contribution >= 4 is 7.52 Å². The molecular formula is C19H32NO2P. The Kier molecular flexibility index (Phi) is 6.10. The summed E-state index contributed by atoms with van der Waals surface area (Å²) >= 11 is 0. The van der Waals surface area contributed by atoms with Gasteiger partial charge in [0.15, 0.2) is 0 Å². The smallest absolute Gasteiger partial charge is 0.280 e. The van der Waals surface area contributed by atoms with Gasteiger partial charge in [-0.3, -0.25) is 4.57 Å². The molecule has 2 rings (SSSR count). The zero-order chi connectivity index (χ0) is 17.1. The van der Waals surface area contributed by atoms with Crippen LogP contribution < -0.4 is 0 Å². The summed E-state index contributed by atoms with van der Waals surface area (Å²) in [5, 5.41) is 0. The van der Waals surface area contributed by atoms with E-state index in [-0.39, 0.29) is 17.3 Å². The minimum Gasteiger partial charge on any atom is -0.314 e. The fourth-order valence-electron chi connectivity index (χ4n) is 3.86. The Hall–Kier alpha value is -0.630. The fourth-order valence-corrected chi connectivity index (χ4v) is 7.16. The molecule has 0 bridgehead atoms. The van der Waals surface area contributed by atoms with Gasteiger partial charge in [0.2, 0.25) is 0 Å². The molecule has 23 heavy (non-hydrogen) atoms. The van der Waals surface area contributed by atoms with Crippen LogP contribution in [-0.4, -0.2) is 22.9 Å². The Morgan fingerprint density at radius 1 is 1.22 bits per heavy atom. The predicted molar refractivity (Wildman–Crippen MR) is 97.9 cm³/mol. The molecule has 1 aliphatic rings. The van der Waals surface area contributed by atoms with E-state index in [2.05, 4.69) is 44.5 Å². The molecule has 1 heterocycles.